The summed E-state index contributed by atoms with van der Waals surface area (Å²) in [6.07, 6.45) is 6.83. The molecule has 0 saturated carbocycles. The number of hydrogen-bond acceptors (Lipinski definition) is 3. The lowest BCUT2D eigenvalue weighted by Gasteiger charge is -2.03. The molecule has 1 N–H and O–H groups in total. The Morgan fingerprint density at radius 3 is 2.76 bits per heavy atom. The maximum atomic E-state index is 11.6. The fourth-order valence-corrected chi connectivity index (χ4v) is 2.25. The Morgan fingerprint density at radius 2 is 2.12 bits per heavy atom. The molecular weight excluding hydrogens is 302 g/mol. The molecule has 1 rings (SSSR count). The van der Waals surface area contributed by atoms with Gasteiger partial charge in [0.25, 0.3) is 5.91 Å². The molecule has 0 spiro atoms. The fraction of sp³-hybridized carbons (Fsp3) is 0.583. The molecule has 1 amide bonds. The molecule has 0 unspecified atom stereocenters. The van der Waals surface area contributed by atoms with E-state index in [0.717, 1.165) is 13.0 Å². The lowest BCUT2D eigenvalue weighted by molar-refractivity contribution is 0.0924. The van der Waals surface area contributed by atoms with Gasteiger partial charge in [-0.25, -0.2) is 0 Å². The van der Waals surface area contributed by atoms with Crippen molar-refractivity contribution >= 4 is 33.6 Å². The van der Waals surface area contributed by atoms with Crippen molar-refractivity contribution < 1.29 is 9.21 Å². The Morgan fingerprint density at radius 1 is 1.35 bits per heavy atom. The molecule has 0 fully saturated rings. The van der Waals surface area contributed by atoms with Gasteiger partial charge in [-0.15, -0.1) is 0 Å². The van der Waals surface area contributed by atoms with Crippen LogP contribution in [0.15, 0.2) is 21.2 Å². The van der Waals surface area contributed by atoms with Gasteiger partial charge in [0.1, 0.15) is 0 Å². The summed E-state index contributed by atoms with van der Waals surface area (Å²) in [4.78, 5) is 11.6. The van der Waals surface area contributed by atoms with E-state index in [1.165, 1.54) is 25.0 Å². The zero-order valence-electron chi connectivity index (χ0n) is 10.0. The summed E-state index contributed by atoms with van der Waals surface area (Å²) in [5.74, 6) is 1.45. The number of nitrogens with one attached hydrogen (secondary N) is 1. The molecule has 1 aromatic rings. The van der Waals surface area contributed by atoms with Crippen molar-refractivity contribution in [3.63, 3.8) is 0 Å². The number of furan rings is 1. The number of hydrogen-bond donors (Lipinski definition) is 1. The summed E-state index contributed by atoms with van der Waals surface area (Å²) in [5, 5.41) is 2.84. The van der Waals surface area contributed by atoms with Crippen LogP contribution in [-0.2, 0) is 0 Å². The van der Waals surface area contributed by atoms with Gasteiger partial charge >= 0.3 is 0 Å². The zero-order chi connectivity index (χ0) is 12.5. The second-order valence-corrected chi connectivity index (χ2v) is 5.53. The largest absolute Gasteiger partial charge is 0.444 e. The Labute approximate surface area is 115 Å². The predicted molar refractivity (Wildman–Crippen MR) is 75.6 cm³/mol. The molecule has 0 radical (unpaired) electrons. The van der Waals surface area contributed by atoms with Crippen molar-refractivity contribution in [1.29, 1.82) is 0 Å². The average molecular weight is 320 g/mol. The second-order valence-electron chi connectivity index (χ2n) is 3.77. The lowest BCUT2D eigenvalue weighted by atomic mass is 10.2. The maximum Gasteiger partial charge on any atom is 0.287 e. The van der Waals surface area contributed by atoms with E-state index in [1.54, 1.807) is 12.1 Å². The Kier molecular flexibility index (Phi) is 7.44. The smallest absolute Gasteiger partial charge is 0.287 e. The van der Waals surface area contributed by atoms with Crippen molar-refractivity contribution in [2.24, 2.45) is 0 Å². The fourth-order valence-electron chi connectivity index (χ4n) is 1.45. The van der Waals surface area contributed by atoms with Gasteiger partial charge in [0, 0.05) is 6.54 Å². The maximum absolute atomic E-state index is 11.6. The predicted octanol–water partition coefficient (Wildman–Crippen LogP) is 3.70. The third kappa shape index (κ3) is 6.17. The van der Waals surface area contributed by atoms with E-state index >= 15 is 0 Å². The van der Waals surface area contributed by atoms with Crippen LogP contribution >= 0.6 is 27.7 Å². The number of unbranched alkanes of at least 4 members (excludes halogenated alkanes) is 3. The molecule has 0 atom stereocenters. The Balaban J connectivity index is 2.05. The molecule has 5 heteroatoms. The third-order valence-corrected chi connectivity index (χ3v) is 3.48. The van der Waals surface area contributed by atoms with Gasteiger partial charge in [-0.3, -0.25) is 4.79 Å². The molecule has 0 aliphatic rings. The highest BCUT2D eigenvalue weighted by Crippen LogP contribution is 2.13. The number of halogens is 1. The standard InChI is InChI=1S/C12H18BrNO2S/c1-17-9-5-3-2-4-8-14-12(15)10-6-7-11(13)16-10/h6-7H,2-5,8-9H2,1H3,(H,14,15). The number of amides is 1. The topological polar surface area (TPSA) is 42.2 Å². The second kappa shape index (κ2) is 8.64. The minimum atomic E-state index is -0.139. The summed E-state index contributed by atoms with van der Waals surface area (Å²) in [5.41, 5.74) is 0. The third-order valence-electron chi connectivity index (χ3n) is 2.36. The SMILES string of the molecule is CSCCCCCCNC(=O)c1ccc(Br)o1. The van der Waals surface area contributed by atoms with Crippen LogP contribution < -0.4 is 5.32 Å². The van der Waals surface area contributed by atoms with Crippen LogP contribution in [0.25, 0.3) is 0 Å². The molecule has 3 nitrogen and oxygen atoms in total. The van der Waals surface area contributed by atoms with Gasteiger partial charge < -0.3 is 9.73 Å². The minimum Gasteiger partial charge on any atom is -0.444 e. The van der Waals surface area contributed by atoms with Gasteiger partial charge in [0.05, 0.1) is 0 Å². The van der Waals surface area contributed by atoms with Gasteiger partial charge in [-0.1, -0.05) is 12.8 Å². The molecule has 17 heavy (non-hydrogen) atoms. The van der Waals surface area contributed by atoms with Crippen molar-refractivity contribution in [3.05, 3.63) is 22.6 Å². The van der Waals surface area contributed by atoms with Crippen LogP contribution in [0.1, 0.15) is 36.2 Å². The van der Waals surface area contributed by atoms with E-state index in [2.05, 4.69) is 27.5 Å². The first-order valence-corrected chi connectivity index (χ1v) is 7.95. The normalized spacial score (nSPS) is 10.5. The number of rotatable bonds is 8. The highest BCUT2D eigenvalue weighted by atomic mass is 79.9. The van der Waals surface area contributed by atoms with Crippen molar-refractivity contribution in [2.75, 3.05) is 18.6 Å². The van der Waals surface area contributed by atoms with Gasteiger partial charge in [-0.2, -0.15) is 11.8 Å². The van der Waals surface area contributed by atoms with E-state index in [-0.39, 0.29) is 5.91 Å². The first-order chi connectivity index (χ1) is 8.24. The van der Waals surface area contributed by atoms with Crippen LogP contribution in [0.4, 0.5) is 0 Å². The quantitative estimate of drug-likeness (QED) is 0.743. The number of thioether (sulfide) groups is 1. The van der Waals surface area contributed by atoms with E-state index < -0.39 is 0 Å². The van der Waals surface area contributed by atoms with Crippen molar-refractivity contribution in [3.8, 4) is 0 Å². The van der Waals surface area contributed by atoms with Crippen molar-refractivity contribution in [2.45, 2.75) is 25.7 Å². The highest BCUT2D eigenvalue weighted by molar-refractivity contribution is 9.10. The van der Waals surface area contributed by atoms with Crippen LogP contribution in [0, 0.1) is 0 Å². The minimum absolute atomic E-state index is 0.139. The first-order valence-electron chi connectivity index (χ1n) is 5.76. The average Bonchev–Trinajstić information content (AvgIpc) is 2.74. The Hall–Kier alpha value is -0.420. The van der Waals surface area contributed by atoms with E-state index in [4.69, 9.17) is 4.42 Å². The summed E-state index contributed by atoms with van der Waals surface area (Å²) < 4.78 is 5.74. The first kappa shape index (κ1) is 14.6. The molecule has 1 aromatic heterocycles. The van der Waals surface area contributed by atoms with Crippen LogP contribution in [0.3, 0.4) is 0 Å². The molecule has 0 saturated heterocycles. The van der Waals surface area contributed by atoms with Gasteiger partial charge in [-0.05, 0) is 52.9 Å². The van der Waals surface area contributed by atoms with E-state index in [0.29, 0.717) is 10.4 Å². The molecular formula is C12H18BrNO2S. The van der Waals surface area contributed by atoms with Crippen LogP contribution in [-0.4, -0.2) is 24.5 Å². The molecule has 96 valence electrons. The molecule has 0 aliphatic heterocycles. The van der Waals surface area contributed by atoms with Crippen LogP contribution in [0.2, 0.25) is 0 Å². The molecule has 0 bridgehead atoms. The van der Waals surface area contributed by atoms with Crippen LogP contribution in [0.5, 0.6) is 0 Å². The van der Waals surface area contributed by atoms with Gasteiger partial charge in [0.15, 0.2) is 10.4 Å². The zero-order valence-corrected chi connectivity index (χ0v) is 12.4. The summed E-state index contributed by atoms with van der Waals surface area (Å²) >= 11 is 5.05. The van der Waals surface area contributed by atoms with E-state index in [1.807, 2.05) is 11.8 Å². The number of carbonyl (C=O) groups excluding carboxylic acids is 1. The highest BCUT2D eigenvalue weighted by Gasteiger charge is 2.08. The van der Waals surface area contributed by atoms with Gasteiger partial charge in [0.2, 0.25) is 0 Å². The molecule has 1 heterocycles. The molecule has 0 aromatic carbocycles. The summed E-state index contributed by atoms with van der Waals surface area (Å²) in [6.45, 7) is 0.719. The monoisotopic (exact) mass is 319 g/mol. The number of carbonyl (C=O) groups is 1. The van der Waals surface area contributed by atoms with Crippen molar-refractivity contribution in [1.82, 2.24) is 5.32 Å². The Bertz CT molecular complexity index is 341. The summed E-state index contributed by atoms with van der Waals surface area (Å²) in [6, 6.07) is 3.38. The molecule has 0 aliphatic carbocycles. The van der Waals surface area contributed by atoms with E-state index in [9.17, 15) is 4.79 Å². The lowest BCUT2D eigenvalue weighted by Crippen LogP contribution is -2.23. The summed E-state index contributed by atoms with van der Waals surface area (Å²) in [7, 11) is 0.